The molecule has 0 aliphatic carbocycles. The summed E-state index contributed by atoms with van der Waals surface area (Å²) in [7, 11) is 0. The summed E-state index contributed by atoms with van der Waals surface area (Å²) in [4.78, 5) is 26.3. The summed E-state index contributed by atoms with van der Waals surface area (Å²) in [6, 6.07) is 9.69. The van der Waals surface area contributed by atoms with E-state index in [0.717, 1.165) is 0 Å². The highest BCUT2D eigenvalue weighted by Crippen LogP contribution is 2.32. The summed E-state index contributed by atoms with van der Waals surface area (Å²) in [5.74, 6) is 0.615. The predicted octanol–water partition coefficient (Wildman–Crippen LogP) is 2.52. The van der Waals surface area contributed by atoms with E-state index in [0.29, 0.717) is 49.1 Å². The highest BCUT2D eigenvalue weighted by molar-refractivity contribution is 6.02. The van der Waals surface area contributed by atoms with Crippen LogP contribution < -0.4 is 25.0 Å². The Labute approximate surface area is 155 Å². The van der Waals surface area contributed by atoms with Gasteiger partial charge in [0.1, 0.15) is 25.1 Å². The Balaban J connectivity index is 1.37. The van der Waals surface area contributed by atoms with Gasteiger partial charge in [0.15, 0.2) is 11.5 Å². The molecule has 2 aliphatic rings. The second kappa shape index (κ2) is 7.14. The maximum Gasteiger partial charge on any atom is 0.319 e. The summed E-state index contributed by atoms with van der Waals surface area (Å²) >= 11 is 0. The Morgan fingerprint density at radius 2 is 1.81 bits per heavy atom. The third-order valence-corrected chi connectivity index (χ3v) is 4.45. The normalized spacial score (nSPS) is 18.3. The standard InChI is InChI=1S/C19H18FN3O4/c20-12-1-4-14(5-2-12)23-8-7-15(18(23)24)22-19(25)21-13-3-6-16-17(11-13)27-10-9-26-16/h1-6,11,15H,7-10H2,(H2,21,22,25). The van der Waals surface area contributed by atoms with Crippen molar-refractivity contribution in [2.45, 2.75) is 12.5 Å². The Kier molecular flexibility index (Phi) is 4.53. The van der Waals surface area contributed by atoms with E-state index in [2.05, 4.69) is 10.6 Å². The maximum absolute atomic E-state index is 13.0. The number of carbonyl (C=O) groups excluding carboxylic acids is 2. The molecule has 0 aromatic heterocycles. The number of fused-ring (bicyclic) bond motifs is 1. The molecule has 2 aliphatic heterocycles. The molecule has 27 heavy (non-hydrogen) atoms. The number of nitrogens with one attached hydrogen (secondary N) is 2. The van der Waals surface area contributed by atoms with Gasteiger partial charge in [-0.1, -0.05) is 0 Å². The molecule has 0 saturated carbocycles. The molecule has 0 spiro atoms. The second-order valence-electron chi connectivity index (χ2n) is 6.26. The van der Waals surface area contributed by atoms with E-state index in [4.69, 9.17) is 9.47 Å². The van der Waals surface area contributed by atoms with Crippen LogP contribution in [0.4, 0.5) is 20.6 Å². The summed E-state index contributed by atoms with van der Waals surface area (Å²) in [5, 5.41) is 5.38. The molecule has 2 heterocycles. The van der Waals surface area contributed by atoms with Gasteiger partial charge in [0, 0.05) is 24.0 Å². The molecule has 2 aromatic carbocycles. The SMILES string of the molecule is O=C(Nc1ccc2c(c1)OCCO2)NC1CCN(c2ccc(F)cc2)C1=O. The first kappa shape index (κ1) is 17.1. The van der Waals surface area contributed by atoms with Gasteiger partial charge < -0.3 is 25.0 Å². The van der Waals surface area contributed by atoms with Crippen LogP contribution in [-0.4, -0.2) is 37.7 Å². The number of hydrogen-bond acceptors (Lipinski definition) is 4. The van der Waals surface area contributed by atoms with Gasteiger partial charge in [-0.15, -0.1) is 0 Å². The second-order valence-corrected chi connectivity index (χ2v) is 6.26. The van der Waals surface area contributed by atoms with Crippen LogP contribution in [0.2, 0.25) is 0 Å². The topological polar surface area (TPSA) is 79.9 Å². The molecular weight excluding hydrogens is 353 g/mol. The van der Waals surface area contributed by atoms with Crippen LogP contribution in [0.15, 0.2) is 42.5 Å². The van der Waals surface area contributed by atoms with Crippen molar-refractivity contribution < 1.29 is 23.5 Å². The number of nitrogens with zero attached hydrogens (tertiary/aromatic N) is 1. The Morgan fingerprint density at radius 3 is 2.59 bits per heavy atom. The number of halogens is 1. The van der Waals surface area contributed by atoms with E-state index in [1.807, 2.05) is 0 Å². The zero-order valence-electron chi connectivity index (χ0n) is 14.4. The van der Waals surface area contributed by atoms with E-state index in [-0.39, 0.29) is 11.7 Å². The van der Waals surface area contributed by atoms with Crippen LogP contribution >= 0.6 is 0 Å². The number of ether oxygens (including phenoxy) is 2. The highest BCUT2D eigenvalue weighted by atomic mass is 19.1. The minimum atomic E-state index is -0.632. The van der Waals surface area contributed by atoms with Gasteiger partial charge in [0.25, 0.3) is 0 Å². The molecule has 0 bridgehead atoms. The van der Waals surface area contributed by atoms with Crippen LogP contribution in [0.25, 0.3) is 0 Å². The smallest absolute Gasteiger partial charge is 0.319 e. The van der Waals surface area contributed by atoms with Crippen molar-refractivity contribution in [1.29, 1.82) is 0 Å². The van der Waals surface area contributed by atoms with Crippen LogP contribution in [0.5, 0.6) is 11.5 Å². The molecule has 7 nitrogen and oxygen atoms in total. The maximum atomic E-state index is 13.0. The summed E-state index contributed by atoms with van der Waals surface area (Å²) in [5.41, 5.74) is 1.15. The molecule has 2 N–H and O–H groups in total. The molecule has 1 atom stereocenters. The molecule has 4 rings (SSSR count). The number of hydrogen-bond donors (Lipinski definition) is 2. The van der Waals surface area contributed by atoms with Gasteiger partial charge in [-0.3, -0.25) is 4.79 Å². The van der Waals surface area contributed by atoms with E-state index < -0.39 is 12.1 Å². The molecule has 8 heteroatoms. The fourth-order valence-corrected chi connectivity index (χ4v) is 3.14. The van der Waals surface area contributed by atoms with Crippen molar-refractivity contribution in [2.75, 3.05) is 30.0 Å². The van der Waals surface area contributed by atoms with E-state index in [9.17, 15) is 14.0 Å². The average Bonchev–Trinajstić information content (AvgIpc) is 3.02. The number of anilines is 2. The van der Waals surface area contributed by atoms with Crippen molar-refractivity contribution in [2.24, 2.45) is 0 Å². The minimum absolute atomic E-state index is 0.223. The first-order chi connectivity index (χ1) is 13.1. The van der Waals surface area contributed by atoms with Crippen molar-refractivity contribution in [3.63, 3.8) is 0 Å². The quantitative estimate of drug-likeness (QED) is 0.869. The van der Waals surface area contributed by atoms with Crippen LogP contribution in [0.1, 0.15) is 6.42 Å². The Hall–Kier alpha value is -3.29. The zero-order valence-corrected chi connectivity index (χ0v) is 14.4. The summed E-state index contributed by atoms with van der Waals surface area (Å²) in [6.07, 6.45) is 0.477. The van der Waals surface area contributed by atoms with Crippen molar-refractivity contribution >= 4 is 23.3 Å². The van der Waals surface area contributed by atoms with E-state index in [1.165, 1.54) is 17.0 Å². The number of rotatable bonds is 3. The Bertz CT molecular complexity index is 872. The first-order valence-electron chi connectivity index (χ1n) is 8.64. The van der Waals surface area contributed by atoms with Gasteiger partial charge >= 0.3 is 6.03 Å². The molecule has 1 fully saturated rings. The highest BCUT2D eigenvalue weighted by Gasteiger charge is 2.33. The van der Waals surface area contributed by atoms with E-state index >= 15 is 0 Å². The lowest BCUT2D eigenvalue weighted by Crippen LogP contribution is -2.43. The Morgan fingerprint density at radius 1 is 1.07 bits per heavy atom. The fourth-order valence-electron chi connectivity index (χ4n) is 3.14. The van der Waals surface area contributed by atoms with Gasteiger partial charge in [0.05, 0.1) is 0 Å². The lowest BCUT2D eigenvalue weighted by Gasteiger charge is -2.19. The molecule has 1 unspecified atom stereocenters. The number of benzene rings is 2. The largest absolute Gasteiger partial charge is 0.486 e. The van der Waals surface area contributed by atoms with Crippen molar-refractivity contribution in [1.82, 2.24) is 5.32 Å². The van der Waals surface area contributed by atoms with Gasteiger partial charge in [0.2, 0.25) is 5.91 Å². The van der Waals surface area contributed by atoms with E-state index in [1.54, 1.807) is 30.3 Å². The van der Waals surface area contributed by atoms with Crippen molar-refractivity contribution in [3.05, 3.63) is 48.3 Å². The summed E-state index contributed by atoms with van der Waals surface area (Å²) < 4.78 is 24.0. The monoisotopic (exact) mass is 371 g/mol. The third kappa shape index (κ3) is 3.64. The molecule has 140 valence electrons. The molecule has 1 saturated heterocycles. The zero-order chi connectivity index (χ0) is 18.8. The molecule has 3 amide bonds. The lowest BCUT2D eigenvalue weighted by molar-refractivity contribution is -0.118. The molecular formula is C19H18FN3O4. The molecule has 2 aromatic rings. The fraction of sp³-hybridized carbons (Fsp3) is 0.263. The predicted molar refractivity (Wildman–Crippen MR) is 96.7 cm³/mol. The minimum Gasteiger partial charge on any atom is -0.486 e. The number of amides is 3. The summed E-state index contributed by atoms with van der Waals surface area (Å²) in [6.45, 7) is 1.41. The van der Waals surface area contributed by atoms with Crippen LogP contribution in [-0.2, 0) is 4.79 Å². The van der Waals surface area contributed by atoms with Crippen LogP contribution in [0, 0.1) is 5.82 Å². The van der Waals surface area contributed by atoms with Crippen LogP contribution in [0.3, 0.4) is 0 Å². The van der Waals surface area contributed by atoms with Gasteiger partial charge in [-0.25, -0.2) is 9.18 Å². The number of urea groups is 1. The lowest BCUT2D eigenvalue weighted by atomic mass is 10.2. The number of carbonyl (C=O) groups is 2. The third-order valence-electron chi connectivity index (χ3n) is 4.45. The van der Waals surface area contributed by atoms with Crippen molar-refractivity contribution in [3.8, 4) is 11.5 Å². The first-order valence-corrected chi connectivity index (χ1v) is 8.64. The molecule has 0 radical (unpaired) electrons. The average molecular weight is 371 g/mol. The van der Waals surface area contributed by atoms with Gasteiger partial charge in [-0.2, -0.15) is 0 Å². The van der Waals surface area contributed by atoms with Gasteiger partial charge in [-0.05, 0) is 42.8 Å².